The van der Waals surface area contributed by atoms with Gasteiger partial charge in [0, 0.05) is 11.3 Å². The summed E-state index contributed by atoms with van der Waals surface area (Å²) in [6.45, 7) is 9.06. The Kier molecular flexibility index (Phi) is 2.81. The number of fused-ring (bicyclic) bond motifs is 5. The first-order chi connectivity index (χ1) is 8.91. The second kappa shape index (κ2) is 4.07. The van der Waals surface area contributed by atoms with Crippen molar-refractivity contribution in [3.63, 3.8) is 0 Å². The highest BCUT2D eigenvalue weighted by molar-refractivity contribution is 6.01. The average molecular weight is 263 g/mol. The number of carbonyl (C=O) groups is 1. The minimum Gasteiger partial charge on any atom is -0.454 e. The van der Waals surface area contributed by atoms with E-state index in [0.29, 0.717) is 5.92 Å². The fraction of sp³-hybridized carbons (Fsp3) is 0.875. The van der Waals surface area contributed by atoms with E-state index in [0.717, 1.165) is 25.7 Å². The van der Waals surface area contributed by atoms with Gasteiger partial charge in [-0.25, -0.2) is 4.79 Å². The first-order valence-electron chi connectivity index (χ1n) is 7.70. The molecule has 0 radical (unpaired) electrons. The molecule has 106 valence electrons. The van der Waals surface area contributed by atoms with E-state index in [1.165, 1.54) is 12.1 Å². The second-order valence-electron chi connectivity index (χ2n) is 7.26. The second-order valence-corrected chi connectivity index (χ2v) is 7.26. The summed E-state index contributed by atoms with van der Waals surface area (Å²) in [7, 11) is 0. The molecule has 2 bridgehead atoms. The van der Waals surface area contributed by atoms with E-state index in [2.05, 4.69) is 27.7 Å². The maximum atomic E-state index is 12.1. The molecule has 0 amide bonds. The highest BCUT2D eigenvalue weighted by Crippen LogP contribution is 2.65. The number of unbranched alkanes of at least 4 members (excludes halogenated alkanes) is 1. The van der Waals surface area contributed by atoms with Crippen molar-refractivity contribution in [2.24, 2.45) is 21.7 Å². The van der Waals surface area contributed by atoms with Crippen LogP contribution in [0.15, 0.2) is 4.99 Å². The molecule has 19 heavy (non-hydrogen) atoms. The third-order valence-electron chi connectivity index (χ3n) is 6.14. The maximum Gasteiger partial charge on any atom is 0.331 e. The predicted molar refractivity (Wildman–Crippen MR) is 75.2 cm³/mol. The van der Waals surface area contributed by atoms with Gasteiger partial charge in [0.25, 0.3) is 0 Å². The zero-order chi connectivity index (χ0) is 13.8. The third kappa shape index (κ3) is 1.56. The first-order valence-corrected chi connectivity index (χ1v) is 7.70. The molecule has 0 spiro atoms. The Labute approximate surface area is 115 Å². The number of hydrogen-bond acceptors (Lipinski definition) is 3. The Morgan fingerprint density at radius 1 is 1.37 bits per heavy atom. The number of rotatable bonds is 3. The van der Waals surface area contributed by atoms with Crippen molar-refractivity contribution in [2.45, 2.75) is 71.9 Å². The molecule has 0 N–H and O–H groups in total. The lowest BCUT2D eigenvalue weighted by Gasteiger charge is -2.39. The summed E-state index contributed by atoms with van der Waals surface area (Å²) in [5, 5.41) is 0. The number of nitrogens with zero attached hydrogens (tertiary/aromatic N) is 1. The fourth-order valence-electron chi connectivity index (χ4n) is 4.38. The van der Waals surface area contributed by atoms with Crippen LogP contribution in [0.4, 0.5) is 0 Å². The first kappa shape index (κ1) is 13.1. The Balaban J connectivity index is 1.93. The highest BCUT2D eigenvalue weighted by Gasteiger charge is 2.67. The number of ether oxygens (including phenoxy) is 1. The smallest absolute Gasteiger partial charge is 0.331 e. The van der Waals surface area contributed by atoms with Gasteiger partial charge in [-0.3, -0.25) is 4.99 Å². The van der Waals surface area contributed by atoms with Crippen molar-refractivity contribution in [3.05, 3.63) is 0 Å². The Hall–Kier alpha value is -0.860. The van der Waals surface area contributed by atoms with Crippen molar-refractivity contribution < 1.29 is 9.53 Å². The molecule has 3 nitrogen and oxygen atoms in total. The summed E-state index contributed by atoms with van der Waals surface area (Å²) in [5.74, 6) is 0.423. The molecule has 3 rings (SSSR count). The summed E-state index contributed by atoms with van der Waals surface area (Å²) >= 11 is 0. The van der Waals surface area contributed by atoms with Gasteiger partial charge in [0.05, 0.1) is 5.71 Å². The van der Waals surface area contributed by atoms with Crippen LogP contribution in [-0.2, 0) is 9.53 Å². The minimum atomic E-state index is -0.232. The molecule has 0 aromatic rings. The molecule has 0 unspecified atom stereocenters. The number of carbonyl (C=O) groups excluding carboxylic acids is 1. The normalized spacial score (nSPS) is 42.8. The van der Waals surface area contributed by atoms with Crippen molar-refractivity contribution in [1.29, 1.82) is 0 Å². The zero-order valence-corrected chi connectivity index (χ0v) is 12.5. The summed E-state index contributed by atoms with van der Waals surface area (Å²) < 4.78 is 5.82. The lowest BCUT2D eigenvalue weighted by atomic mass is 9.70. The van der Waals surface area contributed by atoms with Crippen molar-refractivity contribution in [2.75, 3.05) is 0 Å². The molecule has 3 heteroatoms. The van der Waals surface area contributed by atoms with Gasteiger partial charge in [0.2, 0.25) is 0 Å². The Bertz CT molecular complexity index is 440. The lowest BCUT2D eigenvalue weighted by molar-refractivity contribution is -0.155. The standard InChI is InChI=1S/C16H25NO2/c1-5-6-7-11-14(18)19-13-12(17-11)10-8-9-16(13,4)15(10,2)3/h10-11,13H,5-9H2,1-4H3/t10-,11-,13-,16+/m1/s1. The molecular formula is C16H25NO2. The van der Waals surface area contributed by atoms with Crippen molar-refractivity contribution in [3.8, 4) is 0 Å². The zero-order valence-electron chi connectivity index (χ0n) is 12.5. The molecule has 2 aliphatic carbocycles. The quantitative estimate of drug-likeness (QED) is 0.732. The van der Waals surface area contributed by atoms with E-state index < -0.39 is 0 Å². The third-order valence-corrected chi connectivity index (χ3v) is 6.14. The average Bonchev–Trinajstić information content (AvgIpc) is 2.68. The Morgan fingerprint density at radius 3 is 2.79 bits per heavy atom. The van der Waals surface area contributed by atoms with Gasteiger partial charge in [-0.05, 0) is 24.7 Å². The molecular weight excluding hydrogens is 238 g/mol. The van der Waals surface area contributed by atoms with E-state index in [1.54, 1.807) is 0 Å². The van der Waals surface area contributed by atoms with E-state index in [9.17, 15) is 4.79 Å². The summed E-state index contributed by atoms with van der Waals surface area (Å²) in [4.78, 5) is 17.0. The van der Waals surface area contributed by atoms with E-state index in [4.69, 9.17) is 9.73 Å². The number of aliphatic imine (C=N–C) groups is 1. The van der Waals surface area contributed by atoms with E-state index in [1.807, 2.05) is 0 Å². The van der Waals surface area contributed by atoms with Crippen LogP contribution in [0.25, 0.3) is 0 Å². The van der Waals surface area contributed by atoms with Crippen LogP contribution in [0.3, 0.4) is 0 Å². The minimum absolute atomic E-state index is 0.0494. The monoisotopic (exact) mass is 263 g/mol. The van der Waals surface area contributed by atoms with Crippen molar-refractivity contribution >= 4 is 11.7 Å². The Morgan fingerprint density at radius 2 is 2.11 bits per heavy atom. The SMILES string of the molecule is CCCC[C@H]1N=C2[C@H]3CC[C@@](C)([C@@H]2OC1=O)C3(C)C. The van der Waals surface area contributed by atoms with Gasteiger partial charge in [-0.15, -0.1) is 0 Å². The van der Waals surface area contributed by atoms with Gasteiger partial charge in [0.1, 0.15) is 12.1 Å². The molecule has 0 aromatic heterocycles. The van der Waals surface area contributed by atoms with Crippen LogP contribution in [0.1, 0.15) is 59.8 Å². The molecule has 2 saturated carbocycles. The lowest BCUT2D eigenvalue weighted by Crippen LogP contribution is -2.46. The molecule has 2 fully saturated rings. The molecule has 1 heterocycles. The molecule has 0 aromatic carbocycles. The van der Waals surface area contributed by atoms with Crippen molar-refractivity contribution in [1.82, 2.24) is 0 Å². The van der Waals surface area contributed by atoms with Crippen LogP contribution in [0.5, 0.6) is 0 Å². The van der Waals surface area contributed by atoms with Gasteiger partial charge in [-0.1, -0.05) is 40.5 Å². The van der Waals surface area contributed by atoms with Gasteiger partial charge >= 0.3 is 5.97 Å². The molecule has 0 saturated heterocycles. The summed E-state index contributed by atoms with van der Waals surface area (Å²) in [5.41, 5.74) is 1.48. The topological polar surface area (TPSA) is 38.7 Å². The predicted octanol–water partition coefficient (Wildman–Crippen LogP) is 3.37. The van der Waals surface area contributed by atoms with Crippen LogP contribution >= 0.6 is 0 Å². The van der Waals surface area contributed by atoms with E-state index >= 15 is 0 Å². The summed E-state index contributed by atoms with van der Waals surface area (Å²) in [6, 6.07) is -0.232. The van der Waals surface area contributed by atoms with Crippen LogP contribution in [0.2, 0.25) is 0 Å². The van der Waals surface area contributed by atoms with Gasteiger partial charge < -0.3 is 4.74 Å². The maximum absolute atomic E-state index is 12.1. The number of esters is 1. The molecule has 3 aliphatic rings. The highest BCUT2D eigenvalue weighted by atomic mass is 16.5. The summed E-state index contributed by atoms with van der Waals surface area (Å²) in [6.07, 6.45) is 5.30. The fourth-order valence-corrected chi connectivity index (χ4v) is 4.38. The van der Waals surface area contributed by atoms with E-state index in [-0.39, 0.29) is 28.9 Å². The molecule has 1 aliphatic heterocycles. The van der Waals surface area contributed by atoms with Crippen LogP contribution < -0.4 is 0 Å². The van der Waals surface area contributed by atoms with Crippen LogP contribution in [-0.4, -0.2) is 23.8 Å². The largest absolute Gasteiger partial charge is 0.454 e. The van der Waals surface area contributed by atoms with Gasteiger partial charge in [-0.2, -0.15) is 0 Å². The van der Waals surface area contributed by atoms with Crippen LogP contribution in [0, 0.1) is 16.7 Å². The number of hydrogen-bond donors (Lipinski definition) is 0. The van der Waals surface area contributed by atoms with Gasteiger partial charge in [0.15, 0.2) is 0 Å². The molecule has 4 atom stereocenters.